The molecule has 2 heterocycles. The molecule has 0 unspecified atom stereocenters. The third-order valence-corrected chi connectivity index (χ3v) is 6.61. The van der Waals surface area contributed by atoms with E-state index in [0.717, 1.165) is 17.4 Å². The molecule has 4 amide bonds. The monoisotopic (exact) mass is 530 g/mol. The highest BCUT2D eigenvalue weighted by molar-refractivity contribution is 7.18. The normalized spacial score (nSPS) is 13.4. The molecule has 12 heteroatoms. The van der Waals surface area contributed by atoms with Gasteiger partial charge in [0.05, 0.1) is 32.8 Å². The number of amides is 4. The van der Waals surface area contributed by atoms with E-state index in [2.05, 4.69) is 10.6 Å². The molecule has 1 saturated heterocycles. The van der Waals surface area contributed by atoms with Crippen molar-refractivity contribution in [1.29, 1.82) is 0 Å². The number of carbonyl (C=O) groups excluding carboxylic acids is 4. The highest BCUT2D eigenvalue weighted by Gasteiger charge is 2.24. The molecule has 4 rings (SSSR count). The molecule has 9 nitrogen and oxygen atoms in total. The van der Waals surface area contributed by atoms with Crippen LogP contribution in [0.2, 0.25) is 4.34 Å². The molecule has 0 spiro atoms. The van der Waals surface area contributed by atoms with Gasteiger partial charge in [-0.3, -0.25) is 19.2 Å². The standard InChI is InChI=1S/C24H20ClFN4O5S/c25-19-7-6-18(36-19)24(34)28-11-14-2-1-3-15(22(27)32)21(14)29-23(33)13-4-5-17(16(26)10-13)30-8-9-35-12-20(30)31/h1-7,10H,8-9,11-12H2,(H2,27,32)(H,28,34)(H,29,33). The fraction of sp³-hybridized carbons (Fsp3) is 0.167. The van der Waals surface area contributed by atoms with Crippen molar-refractivity contribution in [2.24, 2.45) is 5.73 Å². The minimum Gasteiger partial charge on any atom is -0.370 e. The zero-order valence-electron chi connectivity index (χ0n) is 18.7. The van der Waals surface area contributed by atoms with Crippen molar-refractivity contribution in [3.63, 3.8) is 0 Å². The summed E-state index contributed by atoms with van der Waals surface area (Å²) in [7, 11) is 0. The maximum atomic E-state index is 14.8. The van der Waals surface area contributed by atoms with Crippen molar-refractivity contribution in [3.05, 3.63) is 80.3 Å². The molecule has 4 N–H and O–H groups in total. The van der Waals surface area contributed by atoms with Gasteiger partial charge >= 0.3 is 0 Å². The van der Waals surface area contributed by atoms with Gasteiger partial charge in [0, 0.05) is 18.7 Å². The molecule has 2 aromatic carbocycles. The number of benzene rings is 2. The summed E-state index contributed by atoms with van der Waals surface area (Å²) in [5.41, 5.74) is 6.00. The molecular weight excluding hydrogens is 511 g/mol. The summed E-state index contributed by atoms with van der Waals surface area (Å²) in [6.07, 6.45) is 0. The van der Waals surface area contributed by atoms with Crippen LogP contribution in [-0.2, 0) is 16.1 Å². The fourth-order valence-electron chi connectivity index (χ4n) is 3.62. The van der Waals surface area contributed by atoms with Crippen LogP contribution in [0.1, 0.15) is 36.0 Å². The predicted octanol–water partition coefficient (Wildman–Crippen LogP) is 3.19. The smallest absolute Gasteiger partial charge is 0.261 e. The summed E-state index contributed by atoms with van der Waals surface area (Å²) < 4.78 is 20.3. The summed E-state index contributed by atoms with van der Waals surface area (Å²) in [6.45, 7) is 0.290. The highest BCUT2D eigenvalue weighted by atomic mass is 35.5. The van der Waals surface area contributed by atoms with Gasteiger partial charge in [0.1, 0.15) is 12.4 Å². The van der Waals surface area contributed by atoms with Gasteiger partial charge < -0.3 is 26.0 Å². The number of hydrogen-bond acceptors (Lipinski definition) is 6. The van der Waals surface area contributed by atoms with Crippen LogP contribution in [0, 0.1) is 5.82 Å². The lowest BCUT2D eigenvalue weighted by Crippen LogP contribution is -2.42. The van der Waals surface area contributed by atoms with E-state index in [9.17, 15) is 23.6 Å². The zero-order chi connectivity index (χ0) is 25.8. The minimum absolute atomic E-state index is 0.0188. The van der Waals surface area contributed by atoms with Crippen LogP contribution >= 0.6 is 22.9 Å². The first-order chi connectivity index (χ1) is 17.2. The van der Waals surface area contributed by atoms with Crippen LogP contribution in [0.5, 0.6) is 0 Å². The first kappa shape index (κ1) is 25.3. The topological polar surface area (TPSA) is 131 Å². The van der Waals surface area contributed by atoms with E-state index in [1.165, 1.54) is 23.1 Å². The van der Waals surface area contributed by atoms with Crippen molar-refractivity contribution in [3.8, 4) is 0 Å². The maximum Gasteiger partial charge on any atom is 0.261 e. The summed E-state index contributed by atoms with van der Waals surface area (Å²) in [5.74, 6) is -3.03. The van der Waals surface area contributed by atoms with E-state index < -0.39 is 17.6 Å². The Morgan fingerprint density at radius 1 is 1.14 bits per heavy atom. The van der Waals surface area contributed by atoms with Gasteiger partial charge in [0.2, 0.25) is 0 Å². The largest absolute Gasteiger partial charge is 0.370 e. The average Bonchev–Trinajstić information content (AvgIpc) is 3.29. The SMILES string of the molecule is NC(=O)c1cccc(CNC(=O)c2ccc(Cl)s2)c1NC(=O)c1ccc(N2CCOCC2=O)c(F)c1. The predicted molar refractivity (Wildman–Crippen MR) is 133 cm³/mol. The van der Waals surface area contributed by atoms with Gasteiger partial charge in [-0.25, -0.2) is 4.39 Å². The number of hydrogen-bond donors (Lipinski definition) is 3. The molecule has 1 aliphatic heterocycles. The second kappa shape index (κ2) is 10.9. The maximum absolute atomic E-state index is 14.8. The van der Waals surface area contributed by atoms with Crippen molar-refractivity contribution in [1.82, 2.24) is 5.32 Å². The molecule has 0 radical (unpaired) electrons. The molecule has 0 atom stereocenters. The Morgan fingerprint density at radius 2 is 1.94 bits per heavy atom. The van der Waals surface area contributed by atoms with E-state index >= 15 is 0 Å². The van der Waals surface area contributed by atoms with Crippen LogP contribution in [0.3, 0.4) is 0 Å². The van der Waals surface area contributed by atoms with Gasteiger partial charge in [-0.2, -0.15) is 0 Å². The van der Waals surface area contributed by atoms with E-state index in [0.29, 0.717) is 14.8 Å². The van der Waals surface area contributed by atoms with Crippen LogP contribution in [0.15, 0.2) is 48.5 Å². The van der Waals surface area contributed by atoms with Gasteiger partial charge in [-0.05, 0) is 42.0 Å². The summed E-state index contributed by atoms with van der Waals surface area (Å²) in [5, 5.41) is 5.31. The highest BCUT2D eigenvalue weighted by Crippen LogP contribution is 2.26. The van der Waals surface area contributed by atoms with E-state index in [1.807, 2.05) is 0 Å². The second-order valence-corrected chi connectivity index (χ2v) is 9.42. The lowest BCUT2D eigenvalue weighted by Gasteiger charge is -2.27. The van der Waals surface area contributed by atoms with Crippen molar-refractivity contribution in [2.45, 2.75) is 6.54 Å². The van der Waals surface area contributed by atoms with Crippen molar-refractivity contribution in [2.75, 3.05) is 30.0 Å². The molecule has 0 saturated carbocycles. The average molecular weight is 531 g/mol. The number of halogens is 2. The number of para-hydroxylation sites is 1. The first-order valence-corrected chi connectivity index (χ1v) is 11.9. The molecule has 1 fully saturated rings. The lowest BCUT2D eigenvalue weighted by molar-refractivity contribution is -0.125. The van der Waals surface area contributed by atoms with Gasteiger partial charge in [-0.15, -0.1) is 11.3 Å². The van der Waals surface area contributed by atoms with Crippen LogP contribution in [-0.4, -0.2) is 43.4 Å². The summed E-state index contributed by atoms with van der Waals surface area (Å²) in [6, 6.07) is 11.5. The third-order valence-electron chi connectivity index (χ3n) is 5.38. The number of rotatable bonds is 7. The molecule has 1 aliphatic rings. The van der Waals surface area contributed by atoms with Gasteiger partial charge in [-0.1, -0.05) is 23.7 Å². The first-order valence-electron chi connectivity index (χ1n) is 10.7. The Labute approximate surface area is 214 Å². The fourth-order valence-corrected chi connectivity index (χ4v) is 4.58. The van der Waals surface area contributed by atoms with Gasteiger partial charge in [0.25, 0.3) is 23.6 Å². The Kier molecular flexibility index (Phi) is 7.63. The Hall–Kier alpha value is -3.80. The molecule has 0 bridgehead atoms. The van der Waals surface area contributed by atoms with Crippen molar-refractivity contribution < 1.29 is 28.3 Å². The number of nitrogens with zero attached hydrogens (tertiary/aromatic N) is 1. The van der Waals surface area contributed by atoms with E-state index in [4.69, 9.17) is 22.1 Å². The molecule has 36 heavy (non-hydrogen) atoms. The van der Waals surface area contributed by atoms with E-state index in [-0.39, 0.29) is 60.6 Å². The number of carbonyl (C=O) groups is 4. The second-order valence-electron chi connectivity index (χ2n) is 7.71. The Morgan fingerprint density at radius 3 is 2.61 bits per heavy atom. The lowest BCUT2D eigenvalue weighted by atomic mass is 10.0. The summed E-state index contributed by atoms with van der Waals surface area (Å²) in [4.78, 5) is 51.1. The molecule has 3 aromatic rings. The number of nitrogens with two attached hydrogens (primary N) is 1. The molecule has 186 valence electrons. The number of ether oxygens (including phenoxy) is 1. The number of primary amides is 1. The molecular formula is C24H20ClFN4O5S. The van der Waals surface area contributed by atoms with Crippen LogP contribution < -0.4 is 21.3 Å². The molecule has 0 aliphatic carbocycles. The Balaban J connectivity index is 1.55. The number of thiophene rings is 1. The Bertz CT molecular complexity index is 1360. The third kappa shape index (κ3) is 5.54. The van der Waals surface area contributed by atoms with Crippen LogP contribution in [0.4, 0.5) is 15.8 Å². The van der Waals surface area contributed by atoms with Gasteiger partial charge in [0.15, 0.2) is 0 Å². The van der Waals surface area contributed by atoms with E-state index in [1.54, 1.807) is 24.3 Å². The quantitative estimate of drug-likeness (QED) is 0.432. The minimum atomic E-state index is -0.795. The molecule has 1 aromatic heterocycles. The number of morpholine rings is 1. The zero-order valence-corrected chi connectivity index (χ0v) is 20.2. The summed E-state index contributed by atoms with van der Waals surface area (Å²) >= 11 is 6.98. The number of anilines is 2. The van der Waals surface area contributed by atoms with Crippen LogP contribution in [0.25, 0.3) is 0 Å². The van der Waals surface area contributed by atoms with Crippen molar-refractivity contribution >= 4 is 57.9 Å². The number of nitrogens with one attached hydrogen (secondary N) is 2.